The monoisotopic (exact) mass is 249 g/mol. The first-order chi connectivity index (χ1) is 9.22. The molecule has 2 aromatic rings. The van der Waals surface area contributed by atoms with E-state index in [9.17, 15) is 0 Å². The molecular formula is C18H19N. The fourth-order valence-corrected chi connectivity index (χ4v) is 2.31. The average Bonchev–Trinajstić information content (AvgIpc) is 2.45. The molecule has 1 heteroatoms. The van der Waals surface area contributed by atoms with Crippen molar-refractivity contribution in [2.45, 2.75) is 26.2 Å². The van der Waals surface area contributed by atoms with Crippen molar-refractivity contribution in [3.8, 4) is 23.5 Å². The van der Waals surface area contributed by atoms with Crippen LogP contribution in [0.3, 0.4) is 0 Å². The van der Waals surface area contributed by atoms with E-state index in [4.69, 9.17) is 6.42 Å². The summed E-state index contributed by atoms with van der Waals surface area (Å²) >= 11 is 0. The van der Waals surface area contributed by atoms with Crippen LogP contribution in [0.1, 0.15) is 31.7 Å². The summed E-state index contributed by atoms with van der Waals surface area (Å²) in [7, 11) is 0. The van der Waals surface area contributed by atoms with Gasteiger partial charge in [-0.05, 0) is 29.0 Å². The van der Waals surface area contributed by atoms with Crippen LogP contribution in [0.15, 0.2) is 48.8 Å². The molecule has 0 aliphatic carbocycles. The summed E-state index contributed by atoms with van der Waals surface area (Å²) in [5.41, 5.74) is 3.58. The molecule has 0 bridgehead atoms. The summed E-state index contributed by atoms with van der Waals surface area (Å²) in [6.07, 6.45) is 10.1. The SMILES string of the molecule is C#CCC(c1cncc(-c2ccccc2)c1)C(C)C. The van der Waals surface area contributed by atoms with Gasteiger partial charge in [-0.15, -0.1) is 12.3 Å². The molecule has 19 heavy (non-hydrogen) atoms. The van der Waals surface area contributed by atoms with Crippen molar-refractivity contribution in [3.63, 3.8) is 0 Å². The van der Waals surface area contributed by atoms with Crippen LogP contribution < -0.4 is 0 Å². The van der Waals surface area contributed by atoms with Crippen molar-refractivity contribution in [3.05, 3.63) is 54.4 Å². The highest BCUT2D eigenvalue weighted by Gasteiger charge is 2.15. The third-order valence-corrected chi connectivity index (χ3v) is 3.44. The zero-order valence-electron chi connectivity index (χ0n) is 11.5. The second-order valence-corrected chi connectivity index (χ2v) is 5.13. The molecule has 0 saturated heterocycles. The summed E-state index contributed by atoms with van der Waals surface area (Å²) in [4.78, 5) is 4.38. The van der Waals surface area contributed by atoms with Crippen LogP contribution in [0.4, 0.5) is 0 Å². The Balaban J connectivity index is 2.36. The fourth-order valence-electron chi connectivity index (χ4n) is 2.31. The van der Waals surface area contributed by atoms with E-state index in [2.05, 4.69) is 43.0 Å². The topological polar surface area (TPSA) is 12.9 Å². The Morgan fingerprint density at radius 1 is 1.11 bits per heavy atom. The van der Waals surface area contributed by atoms with Gasteiger partial charge in [0.15, 0.2) is 0 Å². The van der Waals surface area contributed by atoms with Crippen molar-refractivity contribution in [1.29, 1.82) is 0 Å². The molecule has 0 aliphatic heterocycles. The van der Waals surface area contributed by atoms with Crippen LogP contribution in [0.5, 0.6) is 0 Å². The first-order valence-corrected chi connectivity index (χ1v) is 6.66. The third-order valence-electron chi connectivity index (χ3n) is 3.44. The lowest BCUT2D eigenvalue weighted by Gasteiger charge is -2.19. The number of terminal acetylenes is 1. The van der Waals surface area contributed by atoms with Gasteiger partial charge < -0.3 is 0 Å². The predicted molar refractivity (Wildman–Crippen MR) is 80.7 cm³/mol. The van der Waals surface area contributed by atoms with E-state index in [0.29, 0.717) is 11.8 Å². The minimum atomic E-state index is 0.376. The smallest absolute Gasteiger partial charge is 0.0346 e. The van der Waals surface area contributed by atoms with Crippen molar-refractivity contribution < 1.29 is 0 Å². The highest BCUT2D eigenvalue weighted by Crippen LogP contribution is 2.29. The average molecular weight is 249 g/mol. The number of pyridine rings is 1. The van der Waals surface area contributed by atoms with Gasteiger partial charge in [-0.3, -0.25) is 4.98 Å². The van der Waals surface area contributed by atoms with E-state index < -0.39 is 0 Å². The van der Waals surface area contributed by atoms with Gasteiger partial charge in [-0.2, -0.15) is 0 Å². The molecule has 0 amide bonds. The lowest BCUT2D eigenvalue weighted by atomic mass is 9.86. The predicted octanol–water partition coefficient (Wildman–Crippen LogP) is 4.51. The zero-order chi connectivity index (χ0) is 13.7. The molecule has 0 saturated carbocycles. The minimum absolute atomic E-state index is 0.376. The summed E-state index contributed by atoms with van der Waals surface area (Å²) in [5.74, 6) is 3.67. The van der Waals surface area contributed by atoms with E-state index in [1.807, 2.05) is 30.6 Å². The Hall–Kier alpha value is -2.07. The van der Waals surface area contributed by atoms with Crippen LogP contribution in [0.25, 0.3) is 11.1 Å². The highest BCUT2D eigenvalue weighted by atomic mass is 14.6. The number of benzene rings is 1. The number of hydrogen-bond acceptors (Lipinski definition) is 1. The molecule has 1 unspecified atom stereocenters. The van der Waals surface area contributed by atoms with Gasteiger partial charge in [0.1, 0.15) is 0 Å². The second kappa shape index (κ2) is 6.20. The molecule has 0 radical (unpaired) electrons. The van der Waals surface area contributed by atoms with Gasteiger partial charge in [0.25, 0.3) is 0 Å². The fraction of sp³-hybridized carbons (Fsp3) is 0.278. The summed E-state index contributed by atoms with van der Waals surface area (Å²) < 4.78 is 0. The van der Waals surface area contributed by atoms with Gasteiger partial charge in [0.05, 0.1) is 0 Å². The van der Waals surface area contributed by atoms with Crippen molar-refractivity contribution in [2.75, 3.05) is 0 Å². The number of aromatic nitrogens is 1. The highest BCUT2D eigenvalue weighted by molar-refractivity contribution is 5.63. The standard InChI is InChI=1S/C18H19N/c1-4-8-18(14(2)3)17-11-16(12-19-13-17)15-9-6-5-7-10-15/h1,5-7,9-14,18H,8H2,2-3H3. The summed E-state index contributed by atoms with van der Waals surface area (Å²) in [5, 5.41) is 0. The van der Waals surface area contributed by atoms with Crippen LogP contribution in [0.2, 0.25) is 0 Å². The Labute approximate surface area is 115 Å². The zero-order valence-corrected chi connectivity index (χ0v) is 11.5. The van der Waals surface area contributed by atoms with Crippen LogP contribution in [-0.4, -0.2) is 4.98 Å². The first kappa shape index (κ1) is 13.4. The van der Waals surface area contributed by atoms with E-state index >= 15 is 0 Å². The summed E-state index contributed by atoms with van der Waals surface area (Å²) in [6, 6.07) is 12.5. The quantitative estimate of drug-likeness (QED) is 0.726. The second-order valence-electron chi connectivity index (χ2n) is 5.13. The molecule has 2 rings (SSSR count). The Morgan fingerprint density at radius 3 is 2.47 bits per heavy atom. The van der Waals surface area contributed by atoms with Gasteiger partial charge in [0.2, 0.25) is 0 Å². The molecule has 96 valence electrons. The normalized spacial score (nSPS) is 12.1. The number of rotatable bonds is 4. The van der Waals surface area contributed by atoms with Gasteiger partial charge in [-0.25, -0.2) is 0 Å². The van der Waals surface area contributed by atoms with Crippen LogP contribution >= 0.6 is 0 Å². The Morgan fingerprint density at radius 2 is 1.84 bits per heavy atom. The maximum absolute atomic E-state index is 5.48. The lowest BCUT2D eigenvalue weighted by molar-refractivity contribution is 0.506. The molecule has 0 fully saturated rings. The molecule has 1 aromatic carbocycles. The van der Waals surface area contributed by atoms with Crippen molar-refractivity contribution >= 4 is 0 Å². The summed E-state index contributed by atoms with van der Waals surface area (Å²) in [6.45, 7) is 4.41. The number of hydrogen-bond donors (Lipinski definition) is 0. The van der Waals surface area contributed by atoms with Crippen LogP contribution in [-0.2, 0) is 0 Å². The first-order valence-electron chi connectivity index (χ1n) is 6.66. The third kappa shape index (κ3) is 3.23. The molecule has 0 N–H and O–H groups in total. The molecule has 1 aromatic heterocycles. The molecule has 1 nitrogen and oxygen atoms in total. The maximum Gasteiger partial charge on any atom is 0.0346 e. The van der Waals surface area contributed by atoms with E-state index in [1.54, 1.807) is 0 Å². The lowest BCUT2D eigenvalue weighted by Crippen LogP contribution is -2.06. The maximum atomic E-state index is 5.48. The minimum Gasteiger partial charge on any atom is -0.264 e. The molecule has 1 heterocycles. The molecule has 0 spiro atoms. The molecular weight excluding hydrogens is 230 g/mol. The van der Waals surface area contributed by atoms with E-state index in [1.165, 1.54) is 11.1 Å². The largest absolute Gasteiger partial charge is 0.264 e. The van der Waals surface area contributed by atoms with Crippen LogP contribution in [0, 0.1) is 18.3 Å². The van der Waals surface area contributed by atoms with E-state index in [0.717, 1.165) is 12.0 Å². The molecule has 1 atom stereocenters. The van der Waals surface area contributed by atoms with Crippen molar-refractivity contribution in [2.24, 2.45) is 5.92 Å². The number of nitrogens with zero attached hydrogens (tertiary/aromatic N) is 1. The Bertz CT molecular complexity index is 564. The Kier molecular flexibility index (Phi) is 4.36. The molecule has 0 aliphatic rings. The van der Waals surface area contributed by atoms with Crippen molar-refractivity contribution in [1.82, 2.24) is 4.98 Å². The van der Waals surface area contributed by atoms with E-state index in [-0.39, 0.29) is 0 Å². The van der Waals surface area contributed by atoms with Gasteiger partial charge in [-0.1, -0.05) is 44.2 Å². The van der Waals surface area contributed by atoms with Gasteiger partial charge >= 0.3 is 0 Å². The van der Waals surface area contributed by atoms with Gasteiger partial charge in [0, 0.05) is 24.4 Å².